The van der Waals surface area contributed by atoms with Crippen LogP contribution < -0.4 is 10.2 Å². The maximum Gasteiger partial charge on any atom is 0.425 e. The highest BCUT2D eigenvalue weighted by atomic mass is 16.6. The molecule has 0 spiro atoms. The largest absolute Gasteiger partial charge is 0.464 e. The van der Waals surface area contributed by atoms with Crippen LogP contribution in [-0.2, 0) is 0 Å². The van der Waals surface area contributed by atoms with Gasteiger partial charge in [-0.2, -0.15) is 5.10 Å². The van der Waals surface area contributed by atoms with Crippen molar-refractivity contribution in [1.29, 1.82) is 0 Å². The molecule has 2 amide bonds. The summed E-state index contributed by atoms with van der Waals surface area (Å²) in [4.78, 5) is 22.7. The molecule has 2 N–H and O–H groups in total. The summed E-state index contributed by atoms with van der Waals surface area (Å²) in [5, 5.41) is 11.8. The zero-order valence-electron chi connectivity index (χ0n) is 9.95. The van der Waals surface area contributed by atoms with Gasteiger partial charge >= 0.3 is 12.2 Å². The Hall–Kier alpha value is -2.57. The zero-order valence-corrected chi connectivity index (χ0v) is 9.95. The molecule has 1 aromatic carbocycles. The average molecular weight is 251 g/mol. The number of amides is 2. The van der Waals surface area contributed by atoms with Crippen molar-refractivity contribution in [1.82, 2.24) is 10.3 Å². The Labute approximate surface area is 104 Å². The second-order valence-electron chi connectivity index (χ2n) is 3.51. The Kier molecular flexibility index (Phi) is 4.67. The van der Waals surface area contributed by atoms with Crippen molar-refractivity contribution >= 4 is 18.4 Å². The molecule has 7 nitrogen and oxygen atoms in total. The first-order valence-corrected chi connectivity index (χ1v) is 5.00. The lowest BCUT2D eigenvalue weighted by Gasteiger charge is -2.10. The summed E-state index contributed by atoms with van der Waals surface area (Å²) in [5.74, 6) is 0.400. The Balaban J connectivity index is 2.60. The smallest absolute Gasteiger partial charge is 0.425 e. The number of hydrogen-bond donors (Lipinski definition) is 2. The van der Waals surface area contributed by atoms with E-state index in [1.165, 1.54) is 11.1 Å². The number of hydrazone groups is 1. The summed E-state index contributed by atoms with van der Waals surface area (Å²) in [6, 6.07) is 6.46. The standard InChI is InChI=1S/C11H13N3O4/c1-14(2)11(17)18-9-5-3-8(4-6-9)7-12-13-10(15)16/h3-7,13H,1-2H3,(H,15,16)/b12-7+. The molecule has 1 rings (SSSR count). The molecular weight excluding hydrogens is 238 g/mol. The van der Waals surface area contributed by atoms with Crippen molar-refractivity contribution in [2.24, 2.45) is 5.10 Å². The zero-order chi connectivity index (χ0) is 13.5. The first-order chi connectivity index (χ1) is 8.49. The van der Waals surface area contributed by atoms with Gasteiger partial charge in [-0.05, 0) is 29.8 Å². The third kappa shape index (κ3) is 4.52. The van der Waals surface area contributed by atoms with Gasteiger partial charge in [0.2, 0.25) is 0 Å². The number of carbonyl (C=O) groups is 2. The summed E-state index contributed by atoms with van der Waals surface area (Å²) < 4.78 is 5.01. The molecule has 7 heteroatoms. The van der Waals surface area contributed by atoms with E-state index in [9.17, 15) is 9.59 Å². The normalized spacial score (nSPS) is 10.1. The lowest BCUT2D eigenvalue weighted by atomic mass is 10.2. The lowest BCUT2D eigenvalue weighted by molar-refractivity contribution is 0.172. The maximum absolute atomic E-state index is 11.2. The maximum atomic E-state index is 11.2. The molecule has 0 fully saturated rings. The minimum atomic E-state index is -1.23. The van der Waals surface area contributed by atoms with Gasteiger partial charge in [0.05, 0.1) is 6.21 Å². The minimum absolute atomic E-state index is 0.400. The molecule has 0 aromatic heterocycles. The van der Waals surface area contributed by atoms with Crippen LogP contribution in [0.15, 0.2) is 29.4 Å². The fourth-order valence-corrected chi connectivity index (χ4v) is 0.976. The average Bonchev–Trinajstić information content (AvgIpc) is 2.30. The number of nitrogens with zero attached hydrogens (tertiary/aromatic N) is 2. The number of carboxylic acid groups (broad SMARTS) is 1. The molecule has 0 aliphatic heterocycles. The molecule has 0 unspecified atom stereocenters. The summed E-state index contributed by atoms with van der Waals surface area (Å²) in [6.45, 7) is 0. The van der Waals surface area contributed by atoms with Crippen LogP contribution in [0.3, 0.4) is 0 Å². The van der Waals surface area contributed by atoms with Crippen LogP contribution in [-0.4, -0.2) is 42.5 Å². The SMILES string of the molecule is CN(C)C(=O)Oc1ccc(/C=N/NC(=O)O)cc1. The van der Waals surface area contributed by atoms with E-state index in [-0.39, 0.29) is 0 Å². The van der Waals surface area contributed by atoms with Crippen LogP contribution in [0.25, 0.3) is 0 Å². The van der Waals surface area contributed by atoms with Gasteiger partial charge in [-0.3, -0.25) is 0 Å². The van der Waals surface area contributed by atoms with E-state index in [4.69, 9.17) is 9.84 Å². The van der Waals surface area contributed by atoms with Crippen LogP contribution in [0.2, 0.25) is 0 Å². The van der Waals surface area contributed by atoms with E-state index in [2.05, 4.69) is 5.10 Å². The summed E-state index contributed by atoms with van der Waals surface area (Å²) in [5.41, 5.74) is 2.52. The molecule has 0 atom stereocenters. The van der Waals surface area contributed by atoms with Crippen molar-refractivity contribution in [3.63, 3.8) is 0 Å². The minimum Gasteiger partial charge on any atom is -0.464 e. The second-order valence-corrected chi connectivity index (χ2v) is 3.51. The Morgan fingerprint density at radius 2 is 1.94 bits per heavy atom. The molecule has 0 radical (unpaired) electrons. The van der Waals surface area contributed by atoms with Crippen molar-refractivity contribution in [2.45, 2.75) is 0 Å². The fraction of sp³-hybridized carbons (Fsp3) is 0.182. The number of nitrogens with one attached hydrogen (secondary N) is 1. The second kappa shape index (κ2) is 6.24. The fourth-order valence-electron chi connectivity index (χ4n) is 0.976. The summed E-state index contributed by atoms with van der Waals surface area (Å²) in [7, 11) is 3.17. The Morgan fingerprint density at radius 3 is 2.44 bits per heavy atom. The Bertz CT molecular complexity index is 454. The number of carbonyl (C=O) groups excluding carboxylic acids is 1. The molecule has 0 heterocycles. The van der Waals surface area contributed by atoms with E-state index < -0.39 is 12.2 Å². The van der Waals surface area contributed by atoms with Gasteiger partial charge in [0.25, 0.3) is 0 Å². The molecular formula is C11H13N3O4. The van der Waals surface area contributed by atoms with E-state index in [0.29, 0.717) is 11.3 Å². The predicted molar refractivity (Wildman–Crippen MR) is 64.9 cm³/mol. The number of hydrogen-bond acceptors (Lipinski definition) is 4. The molecule has 96 valence electrons. The third-order valence-electron chi connectivity index (χ3n) is 1.82. The van der Waals surface area contributed by atoms with Gasteiger partial charge in [-0.15, -0.1) is 0 Å². The van der Waals surface area contributed by atoms with Crippen LogP contribution in [0.5, 0.6) is 5.75 Å². The van der Waals surface area contributed by atoms with Crippen molar-refractivity contribution < 1.29 is 19.4 Å². The van der Waals surface area contributed by atoms with Crippen LogP contribution >= 0.6 is 0 Å². The lowest BCUT2D eigenvalue weighted by Crippen LogP contribution is -2.25. The predicted octanol–water partition coefficient (Wildman–Crippen LogP) is 1.35. The summed E-state index contributed by atoms with van der Waals surface area (Å²) >= 11 is 0. The van der Waals surface area contributed by atoms with Gasteiger partial charge in [0.1, 0.15) is 5.75 Å². The number of rotatable bonds is 3. The van der Waals surface area contributed by atoms with E-state index >= 15 is 0 Å². The van der Waals surface area contributed by atoms with Crippen molar-refractivity contribution in [3.05, 3.63) is 29.8 Å². The highest BCUT2D eigenvalue weighted by Gasteiger charge is 2.05. The first-order valence-electron chi connectivity index (χ1n) is 5.00. The highest BCUT2D eigenvalue weighted by Crippen LogP contribution is 2.11. The molecule has 0 saturated carbocycles. The van der Waals surface area contributed by atoms with Crippen molar-refractivity contribution in [2.75, 3.05) is 14.1 Å². The number of benzene rings is 1. The summed E-state index contributed by atoms with van der Waals surface area (Å²) in [6.07, 6.45) is -0.363. The van der Waals surface area contributed by atoms with E-state index in [1.54, 1.807) is 38.4 Å². The van der Waals surface area contributed by atoms with Gasteiger partial charge in [0, 0.05) is 14.1 Å². The van der Waals surface area contributed by atoms with Crippen molar-refractivity contribution in [3.8, 4) is 5.75 Å². The van der Waals surface area contributed by atoms with Crippen LogP contribution in [0.1, 0.15) is 5.56 Å². The van der Waals surface area contributed by atoms with E-state index in [0.717, 1.165) is 0 Å². The van der Waals surface area contributed by atoms with Gasteiger partial charge in [-0.1, -0.05) is 0 Å². The Morgan fingerprint density at radius 1 is 1.33 bits per heavy atom. The van der Waals surface area contributed by atoms with Gasteiger partial charge in [0.15, 0.2) is 0 Å². The van der Waals surface area contributed by atoms with E-state index in [1.807, 2.05) is 5.43 Å². The van der Waals surface area contributed by atoms with Crippen LogP contribution in [0.4, 0.5) is 9.59 Å². The molecule has 0 saturated heterocycles. The van der Waals surface area contributed by atoms with Gasteiger partial charge in [-0.25, -0.2) is 15.0 Å². The highest BCUT2D eigenvalue weighted by molar-refractivity contribution is 5.81. The quantitative estimate of drug-likeness (QED) is 0.626. The molecule has 1 aromatic rings. The molecule has 18 heavy (non-hydrogen) atoms. The molecule has 0 aliphatic carbocycles. The van der Waals surface area contributed by atoms with Crippen LogP contribution in [0, 0.1) is 0 Å². The topological polar surface area (TPSA) is 91.2 Å². The first kappa shape index (κ1) is 13.5. The number of ether oxygens (including phenoxy) is 1. The monoisotopic (exact) mass is 251 g/mol. The molecule has 0 aliphatic rings. The third-order valence-corrected chi connectivity index (χ3v) is 1.82. The molecule has 0 bridgehead atoms. The van der Waals surface area contributed by atoms with Gasteiger partial charge < -0.3 is 14.7 Å².